The highest BCUT2D eigenvalue weighted by Crippen LogP contribution is 2.16. The predicted octanol–water partition coefficient (Wildman–Crippen LogP) is -0.158. The Balaban J connectivity index is 1.66. The van der Waals surface area contributed by atoms with Gasteiger partial charge >= 0.3 is 0 Å². The molecule has 2 saturated heterocycles. The van der Waals surface area contributed by atoms with E-state index in [0.717, 1.165) is 26.2 Å². The van der Waals surface area contributed by atoms with Gasteiger partial charge in [-0.3, -0.25) is 4.90 Å². The van der Waals surface area contributed by atoms with Crippen molar-refractivity contribution in [2.24, 2.45) is 0 Å². The summed E-state index contributed by atoms with van der Waals surface area (Å²) in [5, 5.41) is 9.01. The summed E-state index contributed by atoms with van der Waals surface area (Å²) in [6.45, 7) is 3.65. The minimum absolute atomic E-state index is 0.0728. The Labute approximate surface area is 66.9 Å². The topological polar surface area (TPSA) is 32.7 Å². The molecule has 0 spiro atoms. The van der Waals surface area contributed by atoms with Crippen LogP contribution in [0.4, 0.5) is 0 Å². The molecule has 0 saturated carbocycles. The van der Waals surface area contributed by atoms with Crippen LogP contribution in [-0.4, -0.2) is 48.5 Å². The van der Waals surface area contributed by atoms with Gasteiger partial charge < -0.3 is 9.84 Å². The van der Waals surface area contributed by atoms with Gasteiger partial charge in [-0.25, -0.2) is 0 Å². The first-order chi connectivity index (χ1) is 5.34. The minimum atomic E-state index is -0.0728. The number of likely N-dealkylation sites (tertiary alicyclic amines) is 1. The van der Waals surface area contributed by atoms with Gasteiger partial charge in [-0.2, -0.15) is 0 Å². The fourth-order valence-corrected chi connectivity index (χ4v) is 1.77. The average Bonchev–Trinajstić information content (AvgIpc) is 2.36. The Morgan fingerprint density at radius 2 is 2.27 bits per heavy atom. The van der Waals surface area contributed by atoms with Crippen LogP contribution in [0.5, 0.6) is 0 Å². The van der Waals surface area contributed by atoms with Gasteiger partial charge in [0.05, 0.1) is 12.2 Å². The smallest absolute Gasteiger partial charge is 0.0793 e. The van der Waals surface area contributed by atoms with E-state index in [1.807, 2.05) is 0 Å². The zero-order chi connectivity index (χ0) is 7.68. The van der Waals surface area contributed by atoms with Crippen molar-refractivity contribution in [3.05, 3.63) is 0 Å². The van der Waals surface area contributed by atoms with E-state index in [1.165, 1.54) is 12.8 Å². The van der Waals surface area contributed by atoms with Gasteiger partial charge in [0.1, 0.15) is 0 Å². The standard InChI is InChI=1S/C8H15NO2/c10-7-4-9(5-7)6-8-2-1-3-11-8/h7-8,10H,1-6H2/t8-/m1/s1. The van der Waals surface area contributed by atoms with Gasteiger partial charge in [0.25, 0.3) is 0 Å². The molecule has 2 rings (SSSR count). The van der Waals surface area contributed by atoms with Crippen LogP contribution in [0, 0.1) is 0 Å². The first-order valence-electron chi connectivity index (χ1n) is 4.36. The average molecular weight is 157 g/mol. The summed E-state index contributed by atoms with van der Waals surface area (Å²) < 4.78 is 5.47. The molecule has 2 heterocycles. The molecule has 1 N–H and O–H groups in total. The van der Waals surface area contributed by atoms with Crippen LogP contribution in [0.25, 0.3) is 0 Å². The Morgan fingerprint density at radius 3 is 2.82 bits per heavy atom. The predicted molar refractivity (Wildman–Crippen MR) is 41.4 cm³/mol. The number of aliphatic hydroxyl groups excluding tert-OH is 1. The number of rotatable bonds is 2. The van der Waals surface area contributed by atoms with Crippen LogP contribution >= 0.6 is 0 Å². The van der Waals surface area contributed by atoms with Gasteiger partial charge in [0.15, 0.2) is 0 Å². The largest absolute Gasteiger partial charge is 0.390 e. The molecule has 0 aliphatic carbocycles. The molecule has 64 valence electrons. The third-order valence-corrected chi connectivity index (χ3v) is 2.42. The van der Waals surface area contributed by atoms with Gasteiger partial charge in [-0.15, -0.1) is 0 Å². The van der Waals surface area contributed by atoms with Crippen molar-refractivity contribution in [1.82, 2.24) is 4.90 Å². The van der Waals surface area contributed by atoms with Crippen molar-refractivity contribution in [1.29, 1.82) is 0 Å². The number of hydrogen-bond donors (Lipinski definition) is 1. The second-order valence-electron chi connectivity index (χ2n) is 3.51. The third-order valence-electron chi connectivity index (χ3n) is 2.42. The van der Waals surface area contributed by atoms with E-state index in [9.17, 15) is 0 Å². The quantitative estimate of drug-likeness (QED) is 0.604. The summed E-state index contributed by atoms with van der Waals surface area (Å²) in [4.78, 5) is 2.25. The van der Waals surface area contributed by atoms with E-state index in [-0.39, 0.29) is 6.10 Å². The van der Waals surface area contributed by atoms with Crippen LogP contribution in [0.3, 0.4) is 0 Å². The molecule has 0 aromatic rings. The van der Waals surface area contributed by atoms with Gasteiger partial charge in [0.2, 0.25) is 0 Å². The lowest BCUT2D eigenvalue weighted by Crippen LogP contribution is -2.52. The molecule has 0 bridgehead atoms. The monoisotopic (exact) mass is 157 g/mol. The maximum atomic E-state index is 9.01. The number of nitrogens with zero attached hydrogens (tertiary/aromatic N) is 1. The summed E-state index contributed by atoms with van der Waals surface area (Å²) in [6.07, 6.45) is 2.78. The van der Waals surface area contributed by atoms with Crippen molar-refractivity contribution in [3.63, 3.8) is 0 Å². The maximum absolute atomic E-state index is 9.01. The third kappa shape index (κ3) is 1.72. The second kappa shape index (κ2) is 3.09. The molecular weight excluding hydrogens is 142 g/mol. The molecule has 2 fully saturated rings. The normalized spacial score (nSPS) is 34.1. The van der Waals surface area contributed by atoms with E-state index in [4.69, 9.17) is 9.84 Å². The van der Waals surface area contributed by atoms with E-state index >= 15 is 0 Å². The van der Waals surface area contributed by atoms with Crippen molar-refractivity contribution in [2.45, 2.75) is 25.0 Å². The Hall–Kier alpha value is -0.120. The minimum Gasteiger partial charge on any atom is -0.390 e. The van der Waals surface area contributed by atoms with Crippen molar-refractivity contribution < 1.29 is 9.84 Å². The number of hydrogen-bond acceptors (Lipinski definition) is 3. The van der Waals surface area contributed by atoms with Crippen LogP contribution in [0.1, 0.15) is 12.8 Å². The lowest BCUT2D eigenvalue weighted by molar-refractivity contribution is -0.0270. The van der Waals surface area contributed by atoms with Crippen LogP contribution in [0.2, 0.25) is 0 Å². The molecular formula is C8H15NO2. The van der Waals surface area contributed by atoms with E-state index in [0.29, 0.717) is 6.10 Å². The van der Waals surface area contributed by atoms with Gasteiger partial charge in [0, 0.05) is 26.2 Å². The zero-order valence-electron chi connectivity index (χ0n) is 6.70. The van der Waals surface area contributed by atoms with E-state index < -0.39 is 0 Å². The summed E-state index contributed by atoms with van der Waals surface area (Å²) >= 11 is 0. The first kappa shape index (κ1) is 7.53. The summed E-state index contributed by atoms with van der Waals surface area (Å²) in [6, 6.07) is 0. The molecule has 3 nitrogen and oxygen atoms in total. The molecule has 2 aliphatic heterocycles. The lowest BCUT2D eigenvalue weighted by Gasteiger charge is -2.37. The van der Waals surface area contributed by atoms with Crippen molar-refractivity contribution >= 4 is 0 Å². The number of β-amino-alcohol motifs (C(OH)–C–C–N with tert-alkyl or cyclic N) is 1. The number of aliphatic hydroxyl groups is 1. The Kier molecular flexibility index (Phi) is 2.11. The molecule has 0 amide bonds. The molecule has 0 aromatic carbocycles. The fraction of sp³-hybridized carbons (Fsp3) is 1.00. The van der Waals surface area contributed by atoms with Gasteiger partial charge in [-0.05, 0) is 12.8 Å². The highest BCUT2D eigenvalue weighted by Gasteiger charge is 2.27. The fourth-order valence-electron chi connectivity index (χ4n) is 1.77. The molecule has 0 radical (unpaired) electrons. The highest BCUT2D eigenvalue weighted by molar-refractivity contribution is 4.81. The lowest BCUT2D eigenvalue weighted by atomic mass is 10.1. The van der Waals surface area contributed by atoms with Gasteiger partial charge in [-0.1, -0.05) is 0 Å². The molecule has 0 aromatic heterocycles. The second-order valence-corrected chi connectivity index (χ2v) is 3.51. The molecule has 11 heavy (non-hydrogen) atoms. The summed E-state index contributed by atoms with van der Waals surface area (Å²) in [7, 11) is 0. The van der Waals surface area contributed by atoms with E-state index in [2.05, 4.69) is 4.90 Å². The van der Waals surface area contributed by atoms with E-state index in [1.54, 1.807) is 0 Å². The molecule has 2 aliphatic rings. The van der Waals surface area contributed by atoms with Crippen molar-refractivity contribution in [3.8, 4) is 0 Å². The SMILES string of the molecule is OC1CN(C[C@H]2CCCO2)C1. The number of ether oxygens (including phenoxy) is 1. The molecule has 1 atom stereocenters. The highest BCUT2D eigenvalue weighted by atomic mass is 16.5. The van der Waals surface area contributed by atoms with Crippen molar-refractivity contribution in [2.75, 3.05) is 26.2 Å². The zero-order valence-corrected chi connectivity index (χ0v) is 6.70. The maximum Gasteiger partial charge on any atom is 0.0793 e. The summed E-state index contributed by atoms with van der Waals surface area (Å²) in [5.41, 5.74) is 0. The Morgan fingerprint density at radius 1 is 1.45 bits per heavy atom. The molecule has 0 unspecified atom stereocenters. The first-order valence-corrected chi connectivity index (χ1v) is 4.36. The molecule has 3 heteroatoms. The Bertz CT molecular complexity index is 128. The van der Waals surface area contributed by atoms with Crippen LogP contribution in [-0.2, 0) is 4.74 Å². The van der Waals surface area contributed by atoms with Crippen LogP contribution < -0.4 is 0 Å². The summed E-state index contributed by atoms with van der Waals surface area (Å²) in [5.74, 6) is 0. The van der Waals surface area contributed by atoms with Crippen LogP contribution in [0.15, 0.2) is 0 Å².